The van der Waals surface area contributed by atoms with Crippen LogP contribution in [0.5, 0.6) is 5.75 Å². The molecule has 1 aliphatic heterocycles. The van der Waals surface area contributed by atoms with Crippen LogP contribution in [0.2, 0.25) is 0 Å². The molecule has 3 rings (SSSR count). The normalized spacial score (nSPS) is 12.9. The van der Waals surface area contributed by atoms with Crippen LogP contribution < -0.4 is 4.74 Å². The lowest BCUT2D eigenvalue weighted by Crippen LogP contribution is -2.04. The molecule has 0 bridgehead atoms. The Morgan fingerprint density at radius 1 is 1.21 bits per heavy atom. The van der Waals surface area contributed by atoms with Gasteiger partial charge in [0.2, 0.25) is 0 Å². The largest absolute Gasteiger partial charge is 0.493 e. The van der Waals surface area contributed by atoms with Crippen molar-refractivity contribution in [1.82, 2.24) is 0 Å². The van der Waals surface area contributed by atoms with E-state index in [4.69, 9.17) is 4.74 Å². The van der Waals surface area contributed by atoms with Gasteiger partial charge >= 0.3 is 0 Å². The van der Waals surface area contributed by atoms with Gasteiger partial charge < -0.3 is 4.74 Å². The average molecular weight is 321 g/mol. The average Bonchev–Trinajstić information content (AvgIpc) is 2.88. The summed E-state index contributed by atoms with van der Waals surface area (Å²) in [5, 5.41) is 0. The molecule has 0 amide bonds. The smallest absolute Gasteiger partial charge is 0.196 e. The summed E-state index contributed by atoms with van der Waals surface area (Å²) in [6, 6.07) is 9.58. The number of carbonyl (C=O) groups excluding carboxylic acids is 1. The van der Waals surface area contributed by atoms with Crippen molar-refractivity contribution in [2.45, 2.75) is 6.42 Å². The number of hydrogen-bond acceptors (Lipinski definition) is 2. The molecule has 0 saturated heterocycles. The molecule has 1 heterocycles. The second-order valence-corrected chi connectivity index (χ2v) is 5.29. The lowest BCUT2D eigenvalue weighted by molar-refractivity contribution is 0.103. The molecular weight excluding hydrogens is 311 g/mol. The number of fused-ring (bicyclic) bond motifs is 1. The summed E-state index contributed by atoms with van der Waals surface area (Å²) in [5.74, 6) is -0.00953. The fraction of sp³-hybridized carbons (Fsp3) is 0.133. The molecule has 1 aliphatic rings. The molecular formula is C15H10BrFO2. The molecule has 0 radical (unpaired) electrons. The van der Waals surface area contributed by atoms with E-state index < -0.39 is 5.82 Å². The number of benzene rings is 2. The molecule has 0 unspecified atom stereocenters. The first-order chi connectivity index (χ1) is 9.15. The van der Waals surface area contributed by atoms with E-state index in [0.717, 1.165) is 17.7 Å². The third kappa shape index (κ3) is 2.28. The summed E-state index contributed by atoms with van der Waals surface area (Å²) in [7, 11) is 0. The molecule has 2 aromatic rings. The minimum Gasteiger partial charge on any atom is -0.493 e. The minimum absolute atomic E-state index is 0.0771. The molecule has 2 aromatic carbocycles. The molecule has 0 saturated carbocycles. The zero-order valence-electron chi connectivity index (χ0n) is 9.95. The lowest BCUT2D eigenvalue weighted by Gasteiger charge is -2.05. The molecule has 19 heavy (non-hydrogen) atoms. The first-order valence-electron chi connectivity index (χ1n) is 5.90. The Labute approximate surface area is 118 Å². The molecule has 96 valence electrons. The summed E-state index contributed by atoms with van der Waals surface area (Å²) in [4.78, 5) is 12.3. The number of ether oxygens (including phenoxy) is 1. The van der Waals surface area contributed by atoms with Crippen molar-refractivity contribution in [2.24, 2.45) is 0 Å². The molecule has 0 N–H and O–H groups in total. The van der Waals surface area contributed by atoms with Gasteiger partial charge in [-0.2, -0.15) is 0 Å². The molecule has 0 aliphatic carbocycles. The molecule has 0 spiro atoms. The van der Waals surface area contributed by atoms with E-state index in [1.165, 1.54) is 12.1 Å². The Balaban J connectivity index is 2.02. The van der Waals surface area contributed by atoms with Gasteiger partial charge in [-0.05, 0) is 42.0 Å². The predicted molar refractivity (Wildman–Crippen MR) is 73.2 cm³/mol. The van der Waals surface area contributed by atoms with Gasteiger partial charge in [-0.25, -0.2) is 4.39 Å². The van der Waals surface area contributed by atoms with E-state index in [-0.39, 0.29) is 11.3 Å². The van der Waals surface area contributed by atoms with Gasteiger partial charge in [-0.3, -0.25) is 4.79 Å². The quantitative estimate of drug-likeness (QED) is 0.788. The van der Waals surface area contributed by atoms with Crippen molar-refractivity contribution in [2.75, 3.05) is 6.61 Å². The van der Waals surface area contributed by atoms with E-state index in [1.54, 1.807) is 24.3 Å². The lowest BCUT2D eigenvalue weighted by atomic mass is 10.00. The van der Waals surface area contributed by atoms with Crippen LogP contribution in [0.4, 0.5) is 4.39 Å². The van der Waals surface area contributed by atoms with E-state index in [0.29, 0.717) is 16.6 Å². The predicted octanol–water partition coefficient (Wildman–Crippen LogP) is 3.75. The summed E-state index contributed by atoms with van der Waals surface area (Å²) in [6.07, 6.45) is 0.789. The van der Waals surface area contributed by atoms with Crippen molar-refractivity contribution in [3.8, 4) is 5.75 Å². The van der Waals surface area contributed by atoms with Crippen LogP contribution in [0.25, 0.3) is 0 Å². The van der Waals surface area contributed by atoms with Crippen molar-refractivity contribution in [3.05, 3.63) is 63.4 Å². The monoisotopic (exact) mass is 320 g/mol. The standard InChI is InChI=1S/C15H10BrFO2/c16-11-2-3-13(17)12(8-11)15(18)10-1-4-14-9(7-10)5-6-19-14/h1-4,7-8H,5-6H2. The van der Waals surface area contributed by atoms with Crippen molar-refractivity contribution in [3.63, 3.8) is 0 Å². The highest BCUT2D eigenvalue weighted by molar-refractivity contribution is 9.10. The maximum Gasteiger partial charge on any atom is 0.196 e. The van der Waals surface area contributed by atoms with E-state index in [2.05, 4.69) is 15.9 Å². The fourth-order valence-corrected chi connectivity index (χ4v) is 2.52. The Morgan fingerprint density at radius 2 is 2.05 bits per heavy atom. The first kappa shape index (κ1) is 12.4. The van der Waals surface area contributed by atoms with Gasteiger partial charge in [0.05, 0.1) is 12.2 Å². The number of hydrogen-bond donors (Lipinski definition) is 0. The topological polar surface area (TPSA) is 26.3 Å². The number of ketones is 1. The molecule has 0 atom stereocenters. The molecule has 2 nitrogen and oxygen atoms in total. The summed E-state index contributed by atoms with van der Waals surface area (Å²) < 4.78 is 19.8. The Bertz CT molecular complexity index is 667. The molecule has 4 heteroatoms. The van der Waals surface area contributed by atoms with Crippen LogP contribution in [0.3, 0.4) is 0 Å². The molecule has 0 fully saturated rings. The second-order valence-electron chi connectivity index (χ2n) is 4.37. The zero-order valence-corrected chi connectivity index (χ0v) is 11.5. The minimum atomic E-state index is -0.509. The second kappa shape index (κ2) is 4.78. The number of halogens is 2. The summed E-state index contributed by atoms with van der Waals surface area (Å²) in [6.45, 7) is 0.637. The van der Waals surface area contributed by atoms with Crippen LogP contribution in [0.15, 0.2) is 40.9 Å². The van der Waals surface area contributed by atoms with E-state index in [9.17, 15) is 9.18 Å². The fourth-order valence-electron chi connectivity index (χ4n) is 2.15. The Kier molecular flexibility index (Phi) is 3.11. The highest BCUT2D eigenvalue weighted by Gasteiger charge is 2.18. The van der Waals surface area contributed by atoms with Crippen LogP contribution in [0.1, 0.15) is 21.5 Å². The summed E-state index contributed by atoms with van der Waals surface area (Å²) >= 11 is 3.25. The highest BCUT2D eigenvalue weighted by atomic mass is 79.9. The molecule has 0 aromatic heterocycles. The maximum atomic E-state index is 13.7. The highest BCUT2D eigenvalue weighted by Crippen LogP contribution is 2.27. The van der Waals surface area contributed by atoms with Crippen molar-refractivity contribution >= 4 is 21.7 Å². The summed E-state index contributed by atoms with van der Waals surface area (Å²) in [5.41, 5.74) is 1.57. The Hall–Kier alpha value is -1.68. The maximum absolute atomic E-state index is 13.7. The van der Waals surface area contributed by atoms with Crippen molar-refractivity contribution < 1.29 is 13.9 Å². The van der Waals surface area contributed by atoms with Gasteiger partial charge in [0, 0.05) is 16.5 Å². The SMILES string of the molecule is O=C(c1ccc2c(c1)CCO2)c1cc(Br)ccc1F. The van der Waals surface area contributed by atoms with Gasteiger partial charge in [0.15, 0.2) is 5.78 Å². The van der Waals surface area contributed by atoms with Gasteiger partial charge in [0.1, 0.15) is 11.6 Å². The van der Waals surface area contributed by atoms with Crippen molar-refractivity contribution in [1.29, 1.82) is 0 Å². The van der Waals surface area contributed by atoms with E-state index in [1.807, 2.05) is 0 Å². The van der Waals surface area contributed by atoms with Crippen LogP contribution in [-0.2, 0) is 6.42 Å². The van der Waals surface area contributed by atoms with Crippen LogP contribution in [0, 0.1) is 5.82 Å². The third-order valence-electron chi connectivity index (χ3n) is 3.12. The third-order valence-corrected chi connectivity index (χ3v) is 3.62. The van der Waals surface area contributed by atoms with Gasteiger partial charge in [-0.15, -0.1) is 0 Å². The van der Waals surface area contributed by atoms with Crippen LogP contribution >= 0.6 is 15.9 Å². The van der Waals surface area contributed by atoms with Gasteiger partial charge in [0.25, 0.3) is 0 Å². The number of carbonyl (C=O) groups is 1. The first-order valence-corrected chi connectivity index (χ1v) is 6.70. The zero-order chi connectivity index (χ0) is 13.4. The van der Waals surface area contributed by atoms with Crippen LogP contribution in [-0.4, -0.2) is 12.4 Å². The number of rotatable bonds is 2. The Morgan fingerprint density at radius 3 is 2.89 bits per heavy atom. The van der Waals surface area contributed by atoms with E-state index >= 15 is 0 Å². The van der Waals surface area contributed by atoms with Gasteiger partial charge in [-0.1, -0.05) is 15.9 Å².